The van der Waals surface area contributed by atoms with E-state index in [0.717, 1.165) is 5.92 Å². The minimum atomic E-state index is 0.666. The molecule has 14 heavy (non-hydrogen) atoms. The van der Waals surface area contributed by atoms with Crippen LogP contribution >= 0.6 is 8.58 Å². The first-order chi connectivity index (χ1) is 6.77. The first-order valence-electron chi connectivity index (χ1n) is 5.58. The third-order valence-corrected chi connectivity index (χ3v) is 4.53. The van der Waals surface area contributed by atoms with Gasteiger partial charge < -0.3 is 0 Å². The minimum Gasteiger partial charge on any atom is -0.121 e. The van der Waals surface area contributed by atoms with Crippen LogP contribution in [-0.4, -0.2) is 12.3 Å². The molecule has 76 valence electrons. The zero-order valence-electron chi connectivity index (χ0n) is 9.09. The lowest BCUT2D eigenvalue weighted by Crippen LogP contribution is -1.97. The summed E-state index contributed by atoms with van der Waals surface area (Å²) in [4.78, 5) is 0. The zero-order chi connectivity index (χ0) is 9.97. The fraction of sp³-hybridized carbons (Fsp3) is 0.538. The lowest BCUT2D eigenvalue weighted by atomic mass is 9.93. The number of rotatable bonds is 2. The van der Waals surface area contributed by atoms with Crippen LogP contribution in [0.3, 0.4) is 0 Å². The van der Waals surface area contributed by atoms with Gasteiger partial charge in [0.1, 0.15) is 0 Å². The van der Waals surface area contributed by atoms with Crippen molar-refractivity contribution in [1.29, 1.82) is 0 Å². The van der Waals surface area contributed by atoms with Gasteiger partial charge in [0.05, 0.1) is 0 Å². The molecule has 2 atom stereocenters. The normalized spacial score (nSPS) is 23.5. The van der Waals surface area contributed by atoms with Gasteiger partial charge in [-0.1, -0.05) is 38.1 Å². The molecule has 2 rings (SSSR count). The smallest absolute Gasteiger partial charge is 0.0122 e. The Hall–Kier alpha value is -0.350. The molecule has 0 N–H and O–H groups in total. The van der Waals surface area contributed by atoms with Crippen molar-refractivity contribution in [3.63, 3.8) is 0 Å². The molecule has 1 fully saturated rings. The Morgan fingerprint density at radius 2 is 2.21 bits per heavy atom. The van der Waals surface area contributed by atoms with E-state index in [9.17, 15) is 0 Å². The average Bonchev–Trinajstić information content (AvgIpc) is 2.71. The van der Waals surface area contributed by atoms with Crippen LogP contribution in [0.1, 0.15) is 43.2 Å². The highest BCUT2D eigenvalue weighted by Crippen LogP contribution is 2.36. The highest BCUT2D eigenvalue weighted by atomic mass is 31.1. The van der Waals surface area contributed by atoms with Crippen molar-refractivity contribution >= 4 is 8.58 Å². The third-order valence-electron chi connectivity index (χ3n) is 3.11. The molecule has 0 aromatic heterocycles. The van der Waals surface area contributed by atoms with E-state index in [1.807, 2.05) is 0 Å². The maximum Gasteiger partial charge on any atom is -0.0122 e. The number of hydrogen-bond donors (Lipinski definition) is 0. The Bertz CT molecular complexity index is 298. The molecule has 0 spiro atoms. The topological polar surface area (TPSA) is 0 Å². The van der Waals surface area contributed by atoms with Gasteiger partial charge in [0, 0.05) is 0 Å². The van der Waals surface area contributed by atoms with E-state index in [1.54, 1.807) is 5.56 Å². The fourth-order valence-electron chi connectivity index (χ4n) is 2.11. The Morgan fingerprint density at radius 3 is 2.86 bits per heavy atom. The summed E-state index contributed by atoms with van der Waals surface area (Å²) < 4.78 is 0. The molecule has 0 aliphatic carbocycles. The van der Waals surface area contributed by atoms with Gasteiger partial charge >= 0.3 is 0 Å². The van der Waals surface area contributed by atoms with E-state index >= 15 is 0 Å². The molecule has 0 nitrogen and oxygen atoms in total. The second-order valence-corrected chi connectivity index (χ2v) is 5.92. The van der Waals surface area contributed by atoms with Gasteiger partial charge in [0.15, 0.2) is 0 Å². The molecule has 1 aromatic rings. The predicted octanol–water partition coefficient (Wildman–Crippen LogP) is 3.98. The van der Waals surface area contributed by atoms with Crippen LogP contribution in [0.2, 0.25) is 0 Å². The maximum atomic E-state index is 2.42. The molecule has 0 amide bonds. The van der Waals surface area contributed by atoms with Crippen molar-refractivity contribution in [2.24, 2.45) is 0 Å². The first kappa shape index (κ1) is 10.2. The van der Waals surface area contributed by atoms with Crippen molar-refractivity contribution in [1.82, 2.24) is 0 Å². The van der Waals surface area contributed by atoms with Crippen LogP contribution in [0.5, 0.6) is 0 Å². The van der Waals surface area contributed by atoms with Crippen LogP contribution in [0.15, 0.2) is 24.3 Å². The molecular formula is C13H19P. The first-order valence-corrected chi connectivity index (χ1v) is 6.99. The largest absolute Gasteiger partial charge is 0.121 e. The van der Waals surface area contributed by atoms with Gasteiger partial charge in [0.25, 0.3) is 0 Å². The van der Waals surface area contributed by atoms with Crippen molar-refractivity contribution in [3.05, 3.63) is 35.4 Å². The quantitative estimate of drug-likeness (QED) is 0.642. The second-order valence-electron chi connectivity index (χ2n) is 4.51. The molecule has 1 aromatic carbocycles. The molecule has 1 heteroatoms. The van der Waals surface area contributed by atoms with Crippen LogP contribution in [0.4, 0.5) is 0 Å². The summed E-state index contributed by atoms with van der Waals surface area (Å²) in [5.74, 6) is 1.53. The standard InChI is InChI=1S/C13H19P/c1-10(2)11-4-3-5-12(8-11)13-6-7-14-9-13/h3-5,8,10,13-14H,6-7,9H2,1-2H3. The highest BCUT2D eigenvalue weighted by molar-refractivity contribution is 7.38. The predicted molar refractivity (Wildman–Crippen MR) is 65.9 cm³/mol. The van der Waals surface area contributed by atoms with Crippen molar-refractivity contribution in [2.75, 3.05) is 12.3 Å². The summed E-state index contributed by atoms with van der Waals surface area (Å²) >= 11 is 0. The fourth-order valence-corrected chi connectivity index (χ4v) is 3.66. The minimum absolute atomic E-state index is 0.666. The molecule has 1 aliphatic rings. The van der Waals surface area contributed by atoms with E-state index in [2.05, 4.69) is 38.1 Å². The summed E-state index contributed by atoms with van der Waals surface area (Å²) in [5, 5.41) is 0. The van der Waals surface area contributed by atoms with E-state index < -0.39 is 0 Å². The van der Waals surface area contributed by atoms with Crippen LogP contribution < -0.4 is 0 Å². The highest BCUT2D eigenvalue weighted by Gasteiger charge is 2.17. The Balaban J connectivity index is 2.21. The van der Waals surface area contributed by atoms with Gasteiger partial charge in [-0.3, -0.25) is 0 Å². The van der Waals surface area contributed by atoms with Crippen molar-refractivity contribution < 1.29 is 0 Å². The zero-order valence-corrected chi connectivity index (χ0v) is 10.1. The van der Waals surface area contributed by atoms with Gasteiger partial charge in [0.2, 0.25) is 0 Å². The van der Waals surface area contributed by atoms with Gasteiger partial charge in [-0.05, 0) is 41.7 Å². The average molecular weight is 206 g/mol. The second kappa shape index (κ2) is 4.45. The molecule has 1 heterocycles. The lowest BCUT2D eigenvalue weighted by molar-refractivity contribution is 0.774. The molecule has 0 saturated carbocycles. The van der Waals surface area contributed by atoms with Crippen molar-refractivity contribution in [2.45, 2.75) is 32.1 Å². The van der Waals surface area contributed by atoms with Crippen molar-refractivity contribution in [3.8, 4) is 0 Å². The van der Waals surface area contributed by atoms with Gasteiger partial charge in [-0.15, -0.1) is 8.58 Å². The van der Waals surface area contributed by atoms with Gasteiger partial charge in [-0.2, -0.15) is 0 Å². The third kappa shape index (κ3) is 2.17. The van der Waals surface area contributed by atoms with Crippen LogP contribution in [-0.2, 0) is 0 Å². The van der Waals surface area contributed by atoms with E-state index in [1.165, 1.54) is 32.9 Å². The summed E-state index contributed by atoms with van der Waals surface area (Å²) in [6, 6.07) is 9.22. The molecule has 1 saturated heterocycles. The SMILES string of the molecule is CC(C)c1cccc(C2CCPC2)c1. The molecule has 1 aliphatic heterocycles. The Morgan fingerprint density at radius 1 is 1.36 bits per heavy atom. The molecule has 0 radical (unpaired) electrons. The molecular weight excluding hydrogens is 187 g/mol. The molecule has 2 unspecified atom stereocenters. The van der Waals surface area contributed by atoms with E-state index in [0.29, 0.717) is 5.92 Å². The Kier molecular flexibility index (Phi) is 3.23. The summed E-state index contributed by atoms with van der Waals surface area (Å²) in [7, 11) is 1.21. The Labute approximate surface area is 88.9 Å². The molecule has 0 bridgehead atoms. The summed E-state index contributed by atoms with van der Waals surface area (Å²) in [6.07, 6.45) is 4.30. The monoisotopic (exact) mass is 206 g/mol. The number of benzene rings is 1. The summed E-state index contributed by atoms with van der Waals surface area (Å²) in [5.41, 5.74) is 3.08. The van der Waals surface area contributed by atoms with E-state index in [4.69, 9.17) is 0 Å². The van der Waals surface area contributed by atoms with Crippen LogP contribution in [0, 0.1) is 0 Å². The summed E-state index contributed by atoms with van der Waals surface area (Å²) in [6.45, 7) is 4.55. The van der Waals surface area contributed by atoms with E-state index in [-0.39, 0.29) is 0 Å². The number of hydrogen-bond acceptors (Lipinski definition) is 0. The maximum absolute atomic E-state index is 2.42. The van der Waals surface area contributed by atoms with Crippen LogP contribution in [0.25, 0.3) is 0 Å². The lowest BCUT2D eigenvalue weighted by Gasteiger charge is -2.12. The van der Waals surface area contributed by atoms with Gasteiger partial charge in [-0.25, -0.2) is 0 Å².